The fourth-order valence-electron chi connectivity index (χ4n) is 1.99. The number of fused-ring (bicyclic) bond motifs is 1. The number of rotatable bonds is 4. The van der Waals surface area contributed by atoms with Crippen LogP contribution in [0.3, 0.4) is 0 Å². The summed E-state index contributed by atoms with van der Waals surface area (Å²) in [7, 11) is 0. The normalized spacial score (nSPS) is 23.3. The summed E-state index contributed by atoms with van der Waals surface area (Å²) in [6.45, 7) is 3.66. The van der Waals surface area contributed by atoms with E-state index in [1.165, 1.54) is 0 Å². The van der Waals surface area contributed by atoms with Gasteiger partial charge in [-0.3, -0.25) is 0 Å². The van der Waals surface area contributed by atoms with Crippen molar-refractivity contribution in [3.05, 3.63) is 42.5 Å². The lowest BCUT2D eigenvalue weighted by Crippen LogP contribution is -2.41. The monoisotopic (exact) mass is 220 g/mol. The minimum absolute atomic E-state index is 0.612. The zero-order valence-corrected chi connectivity index (χ0v) is 9.19. The van der Waals surface area contributed by atoms with E-state index < -0.39 is 5.79 Å². The van der Waals surface area contributed by atoms with Crippen molar-refractivity contribution >= 4 is 0 Å². The van der Waals surface area contributed by atoms with Gasteiger partial charge in [-0.25, -0.2) is 5.26 Å². The SMILES string of the molecule is C=CCCC1(OO)CCc2ccccc2O1. The van der Waals surface area contributed by atoms with E-state index in [0.29, 0.717) is 12.8 Å². The van der Waals surface area contributed by atoms with Crippen LogP contribution in [0.2, 0.25) is 0 Å². The van der Waals surface area contributed by atoms with E-state index in [0.717, 1.165) is 24.2 Å². The van der Waals surface area contributed by atoms with Crippen LogP contribution in [0.15, 0.2) is 36.9 Å². The van der Waals surface area contributed by atoms with Gasteiger partial charge in [-0.1, -0.05) is 24.3 Å². The first-order chi connectivity index (χ1) is 7.79. The highest BCUT2D eigenvalue weighted by atomic mass is 17.1. The molecule has 0 bridgehead atoms. The Morgan fingerprint density at radius 3 is 3.06 bits per heavy atom. The predicted molar refractivity (Wildman–Crippen MR) is 61.3 cm³/mol. The number of benzene rings is 1. The van der Waals surface area contributed by atoms with Crippen molar-refractivity contribution in [2.45, 2.75) is 31.5 Å². The molecule has 2 rings (SSSR count). The quantitative estimate of drug-likeness (QED) is 0.481. The van der Waals surface area contributed by atoms with Crippen molar-refractivity contribution in [1.29, 1.82) is 0 Å². The molecule has 3 heteroatoms. The molecule has 1 atom stereocenters. The minimum Gasteiger partial charge on any atom is -0.459 e. The lowest BCUT2D eigenvalue weighted by atomic mass is 9.96. The third kappa shape index (κ3) is 2.10. The fraction of sp³-hybridized carbons (Fsp3) is 0.385. The molecule has 16 heavy (non-hydrogen) atoms. The molecule has 0 amide bonds. The van der Waals surface area contributed by atoms with E-state index in [-0.39, 0.29) is 0 Å². The average Bonchev–Trinajstić information content (AvgIpc) is 2.36. The van der Waals surface area contributed by atoms with Crippen molar-refractivity contribution in [3.63, 3.8) is 0 Å². The Kier molecular flexibility index (Phi) is 3.27. The van der Waals surface area contributed by atoms with Gasteiger partial charge in [-0.05, 0) is 24.5 Å². The number of allylic oxidation sites excluding steroid dienone is 1. The summed E-state index contributed by atoms with van der Waals surface area (Å²) >= 11 is 0. The first-order valence-electron chi connectivity index (χ1n) is 5.50. The fourth-order valence-corrected chi connectivity index (χ4v) is 1.99. The van der Waals surface area contributed by atoms with E-state index in [1.807, 2.05) is 24.3 Å². The van der Waals surface area contributed by atoms with Crippen LogP contribution < -0.4 is 4.74 Å². The van der Waals surface area contributed by atoms with Crippen molar-refractivity contribution in [2.75, 3.05) is 0 Å². The molecule has 0 radical (unpaired) electrons. The Bertz CT molecular complexity index is 375. The molecule has 0 fully saturated rings. The molecule has 3 nitrogen and oxygen atoms in total. The number of hydrogen-bond donors (Lipinski definition) is 1. The molecule has 0 aromatic heterocycles. The summed E-state index contributed by atoms with van der Waals surface area (Å²) < 4.78 is 5.75. The van der Waals surface area contributed by atoms with E-state index in [2.05, 4.69) is 11.5 Å². The van der Waals surface area contributed by atoms with Crippen LogP contribution in [0.4, 0.5) is 0 Å². The van der Waals surface area contributed by atoms with Gasteiger partial charge >= 0.3 is 0 Å². The summed E-state index contributed by atoms with van der Waals surface area (Å²) in [5.41, 5.74) is 1.16. The Balaban J connectivity index is 2.18. The number of para-hydroxylation sites is 1. The van der Waals surface area contributed by atoms with Crippen LogP contribution in [-0.2, 0) is 11.3 Å². The molecule has 1 heterocycles. The summed E-state index contributed by atoms with van der Waals surface area (Å²) in [6, 6.07) is 7.83. The standard InChI is InChI=1S/C13H16O3/c1-2-3-9-13(16-14)10-8-11-6-4-5-7-12(11)15-13/h2,4-7,14H,1,3,8-10H2. The summed E-state index contributed by atoms with van der Waals surface area (Å²) in [5.74, 6) is -0.102. The van der Waals surface area contributed by atoms with Gasteiger partial charge in [0.2, 0.25) is 5.79 Å². The maximum atomic E-state index is 9.03. The molecule has 1 aromatic carbocycles. The summed E-state index contributed by atoms with van der Waals surface area (Å²) in [5, 5.41) is 9.03. The highest BCUT2D eigenvalue weighted by Crippen LogP contribution is 2.36. The molecule has 1 N–H and O–H groups in total. The van der Waals surface area contributed by atoms with Gasteiger partial charge in [-0.2, -0.15) is 4.89 Å². The molecule has 1 aromatic rings. The molecule has 0 aliphatic carbocycles. The van der Waals surface area contributed by atoms with Crippen molar-refractivity contribution in [2.24, 2.45) is 0 Å². The Morgan fingerprint density at radius 1 is 1.50 bits per heavy atom. The highest BCUT2D eigenvalue weighted by Gasteiger charge is 2.37. The third-order valence-corrected chi connectivity index (χ3v) is 2.94. The summed E-state index contributed by atoms with van der Waals surface area (Å²) in [6.07, 6.45) is 4.68. The lowest BCUT2D eigenvalue weighted by molar-refractivity contribution is -0.387. The molecule has 0 saturated heterocycles. The van der Waals surface area contributed by atoms with Crippen LogP contribution in [0.1, 0.15) is 24.8 Å². The zero-order valence-electron chi connectivity index (χ0n) is 9.19. The molecule has 1 aliphatic rings. The maximum Gasteiger partial charge on any atom is 0.241 e. The number of ether oxygens (including phenoxy) is 1. The number of hydrogen-bond acceptors (Lipinski definition) is 3. The van der Waals surface area contributed by atoms with Gasteiger partial charge in [-0.15, -0.1) is 6.58 Å². The molecule has 1 unspecified atom stereocenters. The third-order valence-electron chi connectivity index (χ3n) is 2.94. The average molecular weight is 220 g/mol. The van der Waals surface area contributed by atoms with Crippen LogP contribution in [0, 0.1) is 0 Å². The van der Waals surface area contributed by atoms with E-state index in [9.17, 15) is 0 Å². The Morgan fingerprint density at radius 2 is 2.31 bits per heavy atom. The molecule has 86 valence electrons. The second-order valence-corrected chi connectivity index (χ2v) is 4.04. The molecule has 0 saturated carbocycles. The van der Waals surface area contributed by atoms with Gasteiger partial charge < -0.3 is 4.74 Å². The van der Waals surface area contributed by atoms with Gasteiger partial charge in [0.15, 0.2) is 0 Å². The molecule has 0 spiro atoms. The second-order valence-electron chi connectivity index (χ2n) is 4.04. The lowest BCUT2D eigenvalue weighted by Gasteiger charge is -2.35. The molecular weight excluding hydrogens is 204 g/mol. The smallest absolute Gasteiger partial charge is 0.241 e. The van der Waals surface area contributed by atoms with Crippen LogP contribution in [0.25, 0.3) is 0 Å². The summed E-state index contributed by atoms with van der Waals surface area (Å²) in [4.78, 5) is 4.57. The van der Waals surface area contributed by atoms with Gasteiger partial charge in [0.05, 0.1) is 0 Å². The minimum atomic E-state index is -0.900. The zero-order chi connectivity index (χ0) is 11.4. The second kappa shape index (κ2) is 4.68. The van der Waals surface area contributed by atoms with Crippen molar-refractivity contribution in [1.82, 2.24) is 0 Å². The Hall–Kier alpha value is -1.32. The topological polar surface area (TPSA) is 38.7 Å². The van der Waals surface area contributed by atoms with Crippen LogP contribution in [-0.4, -0.2) is 11.0 Å². The van der Waals surface area contributed by atoms with Crippen LogP contribution >= 0.6 is 0 Å². The van der Waals surface area contributed by atoms with Gasteiger partial charge in [0.25, 0.3) is 0 Å². The first kappa shape index (κ1) is 11.2. The van der Waals surface area contributed by atoms with Gasteiger partial charge in [0.1, 0.15) is 5.75 Å². The predicted octanol–water partition coefficient (Wildman–Crippen LogP) is 3.16. The Labute approximate surface area is 95.2 Å². The molecular formula is C13H16O3. The van der Waals surface area contributed by atoms with E-state index in [1.54, 1.807) is 6.08 Å². The van der Waals surface area contributed by atoms with E-state index >= 15 is 0 Å². The van der Waals surface area contributed by atoms with Gasteiger partial charge in [0, 0.05) is 12.8 Å². The van der Waals surface area contributed by atoms with Crippen LogP contribution in [0.5, 0.6) is 5.75 Å². The largest absolute Gasteiger partial charge is 0.459 e. The van der Waals surface area contributed by atoms with Crippen molar-refractivity contribution in [3.8, 4) is 5.75 Å². The molecule has 1 aliphatic heterocycles. The first-order valence-corrected chi connectivity index (χ1v) is 5.50. The highest BCUT2D eigenvalue weighted by molar-refractivity contribution is 5.35. The van der Waals surface area contributed by atoms with Crippen molar-refractivity contribution < 1.29 is 14.9 Å². The van der Waals surface area contributed by atoms with E-state index in [4.69, 9.17) is 9.99 Å². The maximum absolute atomic E-state index is 9.03. The number of aryl methyl sites for hydroxylation is 1.